The Bertz CT molecular complexity index is 520. The zero-order valence-corrected chi connectivity index (χ0v) is 14.0. The number of aryl methyl sites for hydroxylation is 1. The lowest BCUT2D eigenvalue weighted by Gasteiger charge is -2.31. The highest BCUT2D eigenvalue weighted by Crippen LogP contribution is 2.13. The van der Waals surface area contributed by atoms with Crippen LogP contribution in [0.4, 0.5) is 4.79 Å². The number of piperidine rings is 1. The topological polar surface area (TPSA) is 58.6 Å². The lowest BCUT2D eigenvalue weighted by molar-refractivity contribution is 0.0860. The number of carbonyl (C=O) groups is 2. The van der Waals surface area contributed by atoms with Gasteiger partial charge in [-0.15, -0.1) is 0 Å². The zero-order valence-electron chi connectivity index (χ0n) is 14.0. The van der Waals surface area contributed by atoms with E-state index in [0.29, 0.717) is 25.3 Å². The number of nitrogens with zero attached hydrogens (tertiary/aromatic N) is 1. The van der Waals surface area contributed by atoms with Gasteiger partial charge in [0.05, 0.1) is 6.61 Å². The van der Waals surface area contributed by atoms with E-state index in [-0.39, 0.29) is 18.0 Å². The molecule has 0 spiro atoms. The largest absolute Gasteiger partial charge is 0.450 e. The first kappa shape index (κ1) is 17.3. The molecule has 1 aliphatic rings. The fourth-order valence-corrected chi connectivity index (χ4v) is 2.80. The molecule has 0 aliphatic carbocycles. The Hall–Kier alpha value is -2.04. The van der Waals surface area contributed by atoms with Crippen molar-refractivity contribution in [1.29, 1.82) is 0 Å². The van der Waals surface area contributed by atoms with Crippen LogP contribution in [-0.4, -0.2) is 42.6 Å². The van der Waals surface area contributed by atoms with Crippen LogP contribution in [0.2, 0.25) is 0 Å². The van der Waals surface area contributed by atoms with Crippen molar-refractivity contribution in [3.63, 3.8) is 0 Å². The summed E-state index contributed by atoms with van der Waals surface area (Å²) in [6, 6.07) is 7.91. The first-order valence-corrected chi connectivity index (χ1v) is 8.45. The Morgan fingerprint density at radius 1 is 1.17 bits per heavy atom. The van der Waals surface area contributed by atoms with E-state index < -0.39 is 0 Å². The van der Waals surface area contributed by atoms with E-state index >= 15 is 0 Å². The molecule has 2 rings (SSSR count). The monoisotopic (exact) mass is 318 g/mol. The highest BCUT2D eigenvalue weighted by atomic mass is 16.6. The van der Waals surface area contributed by atoms with Crippen LogP contribution in [-0.2, 0) is 11.2 Å². The Kier molecular flexibility index (Phi) is 6.44. The van der Waals surface area contributed by atoms with Crippen molar-refractivity contribution in [2.45, 2.75) is 45.6 Å². The molecule has 23 heavy (non-hydrogen) atoms. The van der Waals surface area contributed by atoms with Crippen molar-refractivity contribution in [1.82, 2.24) is 10.2 Å². The van der Waals surface area contributed by atoms with E-state index in [9.17, 15) is 9.59 Å². The number of ether oxygens (including phenoxy) is 1. The zero-order chi connectivity index (χ0) is 16.7. The van der Waals surface area contributed by atoms with Crippen LogP contribution in [0.5, 0.6) is 0 Å². The molecule has 0 atom stereocenters. The highest BCUT2D eigenvalue weighted by molar-refractivity contribution is 5.94. The van der Waals surface area contributed by atoms with Crippen LogP contribution in [0.3, 0.4) is 0 Å². The normalized spacial score (nSPS) is 15.3. The predicted molar refractivity (Wildman–Crippen MR) is 89.5 cm³/mol. The molecular formula is C18H26N2O3. The summed E-state index contributed by atoms with van der Waals surface area (Å²) in [4.78, 5) is 25.6. The van der Waals surface area contributed by atoms with E-state index in [1.165, 1.54) is 5.56 Å². The third-order valence-corrected chi connectivity index (χ3v) is 4.11. The smallest absolute Gasteiger partial charge is 0.409 e. The molecule has 1 aromatic rings. The van der Waals surface area contributed by atoms with Crippen LogP contribution < -0.4 is 5.32 Å². The van der Waals surface area contributed by atoms with Gasteiger partial charge in [-0.2, -0.15) is 0 Å². The van der Waals surface area contributed by atoms with Gasteiger partial charge in [-0.1, -0.05) is 25.5 Å². The molecule has 1 N–H and O–H groups in total. The Balaban J connectivity index is 1.81. The molecule has 1 aliphatic heterocycles. The molecular weight excluding hydrogens is 292 g/mol. The summed E-state index contributed by atoms with van der Waals surface area (Å²) in [5.41, 5.74) is 1.95. The highest BCUT2D eigenvalue weighted by Gasteiger charge is 2.24. The fourth-order valence-electron chi connectivity index (χ4n) is 2.80. The minimum absolute atomic E-state index is 0.0392. The number of likely N-dealkylation sites (tertiary alicyclic amines) is 1. The van der Waals surface area contributed by atoms with Gasteiger partial charge in [0.25, 0.3) is 5.91 Å². The van der Waals surface area contributed by atoms with Gasteiger partial charge in [0.15, 0.2) is 0 Å². The molecule has 1 fully saturated rings. The van der Waals surface area contributed by atoms with E-state index in [0.717, 1.165) is 25.7 Å². The second kappa shape index (κ2) is 8.56. The van der Waals surface area contributed by atoms with Crippen molar-refractivity contribution in [2.75, 3.05) is 19.7 Å². The molecule has 0 radical (unpaired) electrons. The van der Waals surface area contributed by atoms with Crippen molar-refractivity contribution in [3.05, 3.63) is 35.4 Å². The van der Waals surface area contributed by atoms with Crippen molar-refractivity contribution in [3.8, 4) is 0 Å². The van der Waals surface area contributed by atoms with E-state index in [2.05, 4.69) is 12.2 Å². The molecule has 5 heteroatoms. The second-order valence-electron chi connectivity index (χ2n) is 5.88. The summed E-state index contributed by atoms with van der Waals surface area (Å²) < 4.78 is 5.00. The van der Waals surface area contributed by atoms with E-state index in [1.807, 2.05) is 24.3 Å². The first-order valence-electron chi connectivity index (χ1n) is 8.45. The fraction of sp³-hybridized carbons (Fsp3) is 0.556. The van der Waals surface area contributed by atoms with Gasteiger partial charge in [-0.3, -0.25) is 4.79 Å². The maximum atomic E-state index is 12.3. The first-order chi connectivity index (χ1) is 11.1. The SMILES string of the molecule is CCCc1ccc(C(=O)NC2CCN(C(=O)OCC)CC2)cc1. The van der Waals surface area contributed by atoms with E-state index in [1.54, 1.807) is 11.8 Å². The number of nitrogens with one attached hydrogen (secondary N) is 1. The van der Waals surface area contributed by atoms with Crippen LogP contribution in [0.15, 0.2) is 24.3 Å². The Morgan fingerprint density at radius 2 is 1.83 bits per heavy atom. The Labute approximate surface area is 138 Å². The van der Waals surface area contributed by atoms with Crippen LogP contribution in [0.1, 0.15) is 49.0 Å². The maximum Gasteiger partial charge on any atom is 0.409 e. The van der Waals surface area contributed by atoms with Gasteiger partial charge in [0.1, 0.15) is 0 Å². The molecule has 0 aromatic heterocycles. The van der Waals surface area contributed by atoms with Gasteiger partial charge in [-0.25, -0.2) is 4.79 Å². The average Bonchev–Trinajstić information content (AvgIpc) is 2.56. The lowest BCUT2D eigenvalue weighted by atomic mass is 10.0. The predicted octanol–water partition coefficient (Wildman–Crippen LogP) is 2.99. The maximum absolute atomic E-state index is 12.3. The molecule has 126 valence electrons. The third-order valence-electron chi connectivity index (χ3n) is 4.11. The number of carbonyl (C=O) groups excluding carboxylic acids is 2. The van der Waals surface area contributed by atoms with Crippen LogP contribution in [0.25, 0.3) is 0 Å². The number of benzene rings is 1. The summed E-state index contributed by atoms with van der Waals surface area (Å²) in [5.74, 6) is -0.0392. The van der Waals surface area contributed by atoms with Gasteiger partial charge in [-0.05, 0) is 43.9 Å². The summed E-state index contributed by atoms with van der Waals surface area (Å²) >= 11 is 0. The Morgan fingerprint density at radius 3 is 2.39 bits per heavy atom. The minimum Gasteiger partial charge on any atom is -0.450 e. The number of amides is 2. The van der Waals surface area contributed by atoms with Gasteiger partial charge in [0.2, 0.25) is 0 Å². The standard InChI is InChI=1S/C18H26N2O3/c1-3-5-14-6-8-15(9-7-14)17(21)19-16-10-12-20(13-11-16)18(22)23-4-2/h6-9,16H,3-5,10-13H2,1-2H3,(H,19,21). The quantitative estimate of drug-likeness (QED) is 0.908. The van der Waals surface area contributed by atoms with Gasteiger partial charge in [0, 0.05) is 24.7 Å². The molecule has 2 amide bonds. The number of hydrogen-bond donors (Lipinski definition) is 1. The lowest BCUT2D eigenvalue weighted by Crippen LogP contribution is -2.46. The van der Waals surface area contributed by atoms with Crippen LogP contribution >= 0.6 is 0 Å². The molecule has 1 saturated heterocycles. The summed E-state index contributed by atoms with van der Waals surface area (Å²) in [6.07, 6.45) is 3.40. The molecule has 0 unspecified atom stereocenters. The second-order valence-corrected chi connectivity index (χ2v) is 5.88. The van der Waals surface area contributed by atoms with Crippen LogP contribution in [0, 0.1) is 0 Å². The third kappa shape index (κ3) is 4.98. The molecule has 0 bridgehead atoms. The van der Waals surface area contributed by atoms with Crippen molar-refractivity contribution < 1.29 is 14.3 Å². The molecule has 1 heterocycles. The van der Waals surface area contributed by atoms with Crippen molar-refractivity contribution in [2.24, 2.45) is 0 Å². The van der Waals surface area contributed by atoms with Gasteiger partial charge < -0.3 is 15.0 Å². The van der Waals surface area contributed by atoms with Gasteiger partial charge >= 0.3 is 6.09 Å². The molecule has 0 saturated carbocycles. The minimum atomic E-state index is -0.260. The average molecular weight is 318 g/mol. The summed E-state index contributed by atoms with van der Waals surface area (Å²) in [6.45, 7) is 5.59. The van der Waals surface area contributed by atoms with E-state index in [4.69, 9.17) is 4.74 Å². The molecule has 5 nitrogen and oxygen atoms in total. The number of hydrogen-bond acceptors (Lipinski definition) is 3. The summed E-state index contributed by atoms with van der Waals surface area (Å²) in [7, 11) is 0. The summed E-state index contributed by atoms with van der Waals surface area (Å²) in [5, 5.41) is 3.06. The van der Waals surface area contributed by atoms with Crippen molar-refractivity contribution >= 4 is 12.0 Å². The molecule has 1 aromatic carbocycles. The number of rotatable bonds is 5.